The maximum absolute atomic E-state index is 12.4. The number of carbonyl (C=O) groups excluding carboxylic acids is 1. The van der Waals surface area contributed by atoms with Crippen LogP contribution in [0.5, 0.6) is 11.5 Å². The van der Waals surface area contributed by atoms with Crippen LogP contribution >= 0.6 is 0 Å². The number of nitrogens with zero attached hydrogens (tertiary/aromatic N) is 2. The van der Waals surface area contributed by atoms with Gasteiger partial charge in [0.05, 0.1) is 19.1 Å². The molecule has 0 aliphatic rings. The van der Waals surface area contributed by atoms with Gasteiger partial charge in [0.15, 0.2) is 11.5 Å². The van der Waals surface area contributed by atoms with Crippen molar-refractivity contribution >= 4 is 29.0 Å². The topological polar surface area (TPSA) is 127 Å². The van der Waals surface area contributed by atoms with E-state index in [0.717, 1.165) is 0 Å². The molecule has 0 bridgehead atoms. The Labute approximate surface area is 161 Å². The molecule has 28 heavy (non-hydrogen) atoms. The average Bonchev–Trinajstić information content (AvgIpc) is 2.71. The van der Waals surface area contributed by atoms with Crippen molar-refractivity contribution < 1.29 is 19.2 Å². The van der Waals surface area contributed by atoms with Gasteiger partial charge in [-0.15, -0.1) is 0 Å². The average molecular weight is 382 g/mol. The summed E-state index contributed by atoms with van der Waals surface area (Å²) in [6, 6.07) is 10.9. The number of benzene rings is 2. The molecule has 0 saturated heterocycles. The molecule has 2 aromatic rings. The number of hydrogen-bond acceptors (Lipinski definition) is 7. The van der Waals surface area contributed by atoms with E-state index < -0.39 is 10.8 Å². The Morgan fingerprint density at radius 1 is 1.18 bits per heavy atom. The molecule has 1 amide bonds. The molecule has 9 heteroatoms. The number of ether oxygens (including phenoxy) is 2. The maximum Gasteiger partial charge on any atom is 0.292 e. The van der Waals surface area contributed by atoms with Crippen LogP contribution in [0.25, 0.3) is 6.08 Å². The molecule has 2 rings (SSSR count). The fraction of sp³-hybridized carbons (Fsp3) is 0.158. The van der Waals surface area contributed by atoms with Crippen LogP contribution in [0.1, 0.15) is 5.56 Å². The van der Waals surface area contributed by atoms with Gasteiger partial charge < -0.3 is 20.1 Å². The number of hydrogen-bond donors (Lipinski definition) is 2. The van der Waals surface area contributed by atoms with Crippen molar-refractivity contribution in [2.75, 3.05) is 31.9 Å². The van der Waals surface area contributed by atoms with Gasteiger partial charge in [0, 0.05) is 24.9 Å². The normalized spacial score (nSPS) is 10.6. The van der Waals surface area contributed by atoms with Crippen molar-refractivity contribution in [2.24, 2.45) is 0 Å². The summed E-state index contributed by atoms with van der Waals surface area (Å²) in [7, 11) is 4.52. The van der Waals surface area contributed by atoms with Crippen molar-refractivity contribution in [1.29, 1.82) is 5.26 Å². The summed E-state index contributed by atoms with van der Waals surface area (Å²) in [6.07, 6.45) is 1.28. The Morgan fingerprint density at radius 3 is 2.46 bits per heavy atom. The predicted molar refractivity (Wildman–Crippen MR) is 104 cm³/mol. The summed E-state index contributed by atoms with van der Waals surface area (Å²) in [5.41, 5.74) is 0.718. The molecule has 9 nitrogen and oxygen atoms in total. The Bertz CT molecular complexity index is 979. The van der Waals surface area contributed by atoms with E-state index in [2.05, 4.69) is 10.6 Å². The van der Waals surface area contributed by atoms with Crippen LogP contribution in [0.2, 0.25) is 0 Å². The van der Waals surface area contributed by atoms with Crippen molar-refractivity contribution in [1.82, 2.24) is 0 Å². The van der Waals surface area contributed by atoms with Gasteiger partial charge in [0.25, 0.3) is 11.6 Å². The van der Waals surface area contributed by atoms with E-state index in [1.807, 2.05) is 0 Å². The Kier molecular flexibility index (Phi) is 6.54. The molecular weight excluding hydrogens is 364 g/mol. The largest absolute Gasteiger partial charge is 0.493 e. The van der Waals surface area contributed by atoms with E-state index in [1.54, 1.807) is 37.4 Å². The third kappa shape index (κ3) is 4.56. The van der Waals surface area contributed by atoms with E-state index in [0.29, 0.717) is 28.4 Å². The molecule has 0 unspecified atom stereocenters. The minimum atomic E-state index is -0.657. The second-order valence-corrected chi connectivity index (χ2v) is 5.48. The first kappa shape index (κ1) is 20.3. The zero-order chi connectivity index (χ0) is 20.7. The van der Waals surface area contributed by atoms with Crippen LogP contribution in [0.3, 0.4) is 0 Å². The number of nitro benzene ring substituents is 1. The smallest absolute Gasteiger partial charge is 0.292 e. The SMILES string of the molecule is CNc1ccc(/C=C(\C#N)C(=O)Nc2ccc(OC)c(OC)c2)cc1[N+](=O)[O-]. The third-order valence-electron chi connectivity index (χ3n) is 3.81. The van der Waals surface area contributed by atoms with Crippen molar-refractivity contribution in [3.63, 3.8) is 0 Å². The van der Waals surface area contributed by atoms with E-state index >= 15 is 0 Å². The van der Waals surface area contributed by atoms with E-state index in [9.17, 15) is 20.2 Å². The first-order chi connectivity index (χ1) is 13.4. The highest BCUT2D eigenvalue weighted by molar-refractivity contribution is 6.09. The molecule has 0 heterocycles. The third-order valence-corrected chi connectivity index (χ3v) is 3.81. The summed E-state index contributed by atoms with van der Waals surface area (Å²) in [5.74, 6) is 0.254. The zero-order valence-electron chi connectivity index (χ0n) is 15.5. The quantitative estimate of drug-likeness (QED) is 0.326. The highest BCUT2D eigenvalue weighted by atomic mass is 16.6. The molecule has 0 saturated carbocycles. The number of nitro groups is 1. The Hall–Kier alpha value is -4.06. The van der Waals surface area contributed by atoms with E-state index in [1.165, 1.54) is 32.4 Å². The standard InChI is InChI=1S/C19H18N4O5/c1-21-15-6-4-12(9-16(15)23(25)26)8-13(11-20)19(24)22-14-5-7-17(27-2)18(10-14)28-3/h4-10,21H,1-3H3,(H,22,24)/b13-8+. The number of amides is 1. The van der Waals surface area contributed by atoms with Crippen LogP contribution in [0.4, 0.5) is 17.1 Å². The number of nitriles is 1. The van der Waals surface area contributed by atoms with Crippen LogP contribution in [0.15, 0.2) is 42.0 Å². The summed E-state index contributed by atoms with van der Waals surface area (Å²) < 4.78 is 10.3. The predicted octanol–water partition coefficient (Wildman–Crippen LogP) is 3.20. The van der Waals surface area contributed by atoms with Gasteiger partial charge in [0.2, 0.25) is 0 Å². The zero-order valence-corrected chi connectivity index (χ0v) is 15.5. The van der Waals surface area contributed by atoms with Gasteiger partial charge in [-0.2, -0.15) is 5.26 Å². The monoisotopic (exact) mass is 382 g/mol. The van der Waals surface area contributed by atoms with Gasteiger partial charge in [-0.25, -0.2) is 0 Å². The first-order valence-corrected chi connectivity index (χ1v) is 8.04. The number of rotatable bonds is 7. The summed E-state index contributed by atoms with van der Waals surface area (Å²) in [5, 5.41) is 25.8. The number of anilines is 2. The molecule has 0 atom stereocenters. The summed E-state index contributed by atoms with van der Waals surface area (Å²) >= 11 is 0. The Balaban J connectivity index is 2.30. The minimum Gasteiger partial charge on any atom is -0.493 e. The molecule has 2 aromatic carbocycles. The molecule has 0 aliphatic carbocycles. The van der Waals surface area contributed by atoms with E-state index in [-0.39, 0.29) is 11.3 Å². The maximum atomic E-state index is 12.4. The van der Waals surface area contributed by atoms with Crippen molar-refractivity contribution in [3.05, 3.63) is 57.6 Å². The van der Waals surface area contributed by atoms with Crippen LogP contribution in [-0.2, 0) is 4.79 Å². The first-order valence-electron chi connectivity index (χ1n) is 8.04. The number of methoxy groups -OCH3 is 2. The highest BCUT2D eigenvalue weighted by Crippen LogP contribution is 2.30. The number of nitrogens with one attached hydrogen (secondary N) is 2. The fourth-order valence-corrected chi connectivity index (χ4v) is 2.43. The molecule has 0 aliphatic heterocycles. The van der Waals surface area contributed by atoms with Crippen molar-refractivity contribution in [2.45, 2.75) is 0 Å². The molecule has 0 aromatic heterocycles. The second-order valence-electron chi connectivity index (χ2n) is 5.48. The lowest BCUT2D eigenvalue weighted by molar-refractivity contribution is -0.384. The minimum absolute atomic E-state index is 0.158. The summed E-state index contributed by atoms with van der Waals surface area (Å²) in [4.78, 5) is 23.0. The van der Waals surface area contributed by atoms with E-state index in [4.69, 9.17) is 9.47 Å². The van der Waals surface area contributed by atoms with Crippen LogP contribution < -0.4 is 20.1 Å². The molecule has 0 fully saturated rings. The lowest BCUT2D eigenvalue weighted by Crippen LogP contribution is -2.13. The van der Waals surface area contributed by atoms with Gasteiger partial charge >= 0.3 is 0 Å². The van der Waals surface area contributed by atoms with Gasteiger partial charge in [-0.1, -0.05) is 6.07 Å². The lowest BCUT2D eigenvalue weighted by Gasteiger charge is -2.10. The highest BCUT2D eigenvalue weighted by Gasteiger charge is 2.15. The van der Waals surface area contributed by atoms with Crippen molar-refractivity contribution in [3.8, 4) is 17.6 Å². The molecule has 2 N–H and O–H groups in total. The fourth-order valence-electron chi connectivity index (χ4n) is 2.43. The van der Waals surface area contributed by atoms with Gasteiger partial charge in [-0.05, 0) is 29.8 Å². The molecule has 144 valence electrons. The van der Waals surface area contributed by atoms with Crippen LogP contribution in [0, 0.1) is 21.4 Å². The number of carbonyl (C=O) groups is 1. The van der Waals surface area contributed by atoms with Gasteiger partial charge in [0.1, 0.15) is 17.3 Å². The lowest BCUT2D eigenvalue weighted by atomic mass is 10.1. The van der Waals surface area contributed by atoms with Crippen LogP contribution in [-0.4, -0.2) is 32.1 Å². The second kappa shape index (κ2) is 9.05. The molecule has 0 radical (unpaired) electrons. The molecular formula is C19H18N4O5. The van der Waals surface area contributed by atoms with Gasteiger partial charge in [-0.3, -0.25) is 14.9 Å². The Morgan fingerprint density at radius 2 is 1.89 bits per heavy atom. The molecule has 0 spiro atoms. The summed E-state index contributed by atoms with van der Waals surface area (Å²) in [6.45, 7) is 0.